The van der Waals surface area contributed by atoms with Crippen molar-refractivity contribution in [1.82, 2.24) is 0 Å². The van der Waals surface area contributed by atoms with Crippen molar-refractivity contribution in [2.24, 2.45) is 0 Å². The average Bonchev–Trinajstić information content (AvgIpc) is 3.21. The molecule has 1 aromatic carbocycles. The van der Waals surface area contributed by atoms with E-state index in [0.29, 0.717) is 10.1 Å². The highest BCUT2D eigenvalue weighted by atomic mass is 28.4. The van der Waals surface area contributed by atoms with Gasteiger partial charge in [0.1, 0.15) is 0 Å². The van der Waals surface area contributed by atoms with Crippen molar-refractivity contribution in [3.63, 3.8) is 0 Å². The highest BCUT2D eigenvalue weighted by Gasteiger charge is 2.68. The van der Waals surface area contributed by atoms with Gasteiger partial charge in [0.25, 0.3) is 0 Å². The molecule has 0 radical (unpaired) electrons. The first-order chi connectivity index (χ1) is 12.0. The van der Waals surface area contributed by atoms with Crippen LogP contribution in [0.3, 0.4) is 0 Å². The first-order valence-electron chi connectivity index (χ1n) is 10.8. The Labute approximate surface area is 171 Å². The molecule has 27 heavy (non-hydrogen) atoms. The Morgan fingerprint density at radius 2 is 1.41 bits per heavy atom. The molecule has 1 heterocycles. The maximum atomic E-state index is 7.02. The molecule has 3 heteroatoms. The van der Waals surface area contributed by atoms with Crippen molar-refractivity contribution in [2.75, 3.05) is 0 Å². The van der Waals surface area contributed by atoms with Crippen LogP contribution in [0, 0.1) is 0 Å². The van der Waals surface area contributed by atoms with Crippen LogP contribution in [-0.4, -0.2) is 16.4 Å². The standard InChI is InChI=1S/C24H44OSi2/c1-22(2,3)26(10,11)25-21(19-15-13-12-14-16-19)17-20-18-27(20,23(4,5)6)24(7,8)9/h12-16,20-21H,17-18H2,1-11H3/t20-,21-/m0/s1. The van der Waals surface area contributed by atoms with Crippen LogP contribution in [0.1, 0.15) is 80.4 Å². The van der Waals surface area contributed by atoms with Gasteiger partial charge in [-0.2, -0.15) is 0 Å². The van der Waals surface area contributed by atoms with Gasteiger partial charge in [-0.3, -0.25) is 0 Å². The lowest BCUT2D eigenvalue weighted by Crippen LogP contribution is -2.42. The molecule has 1 nitrogen and oxygen atoms in total. The first kappa shape index (κ1) is 22.9. The molecular formula is C24H44OSi2. The van der Waals surface area contributed by atoms with Gasteiger partial charge in [0.2, 0.25) is 0 Å². The second kappa shape index (κ2) is 7.14. The highest BCUT2D eigenvalue weighted by molar-refractivity contribution is 6.95. The third-order valence-corrected chi connectivity index (χ3v) is 20.0. The second-order valence-electron chi connectivity index (χ2n) is 12.4. The lowest BCUT2D eigenvalue weighted by atomic mass is 10.1. The molecule has 154 valence electrons. The third-order valence-electron chi connectivity index (χ3n) is 7.69. The molecule has 0 unspecified atom stereocenters. The minimum Gasteiger partial charge on any atom is -0.410 e. The fourth-order valence-corrected chi connectivity index (χ4v) is 14.6. The maximum Gasteiger partial charge on any atom is 0.192 e. The molecule has 0 amide bonds. The Bertz CT molecular complexity index is 615. The molecule has 1 aliphatic rings. The van der Waals surface area contributed by atoms with Crippen LogP contribution in [0.2, 0.25) is 39.8 Å². The molecule has 0 aromatic heterocycles. The number of hydrogen-bond acceptors (Lipinski definition) is 1. The van der Waals surface area contributed by atoms with E-state index in [4.69, 9.17) is 4.43 Å². The van der Waals surface area contributed by atoms with E-state index in [1.54, 1.807) is 0 Å². The Kier molecular flexibility index (Phi) is 6.06. The molecule has 2 rings (SSSR count). The summed E-state index contributed by atoms with van der Waals surface area (Å²) in [7, 11) is -3.18. The molecule has 1 aromatic rings. The van der Waals surface area contributed by atoms with Gasteiger partial charge in [-0.1, -0.05) is 98.7 Å². The first-order valence-corrected chi connectivity index (χ1v) is 15.9. The predicted octanol–water partition coefficient (Wildman–Crippen LogP) is 8.57. The zero-order valence-corrected chi connectivity index (χ0v) is 21.9. The van der Waals surface area contributed by atoms with E-state index >= 15 is 0 Å². The fraction of sp³-hybridized carbons (Fsp3) is 0.750. The van der Waals surface area contributed by atoms with Crippen molar-refractivity contribution in [1.29, 1.82) is 0 Å². The van der Waals surface area contributed by atoms with Gasteiger partial charge >= 0.3 is 0 Å². The molecule has 1 saturated heterocycles. The Morgan fingerprint density at radius 3 is 1.78 bits per heavy atom. The molecule has 2 atom stereocenters. The minimum absolute atomic E-state index is 0.242. The van der Waals surface area contributed by atoms with E-state index in [0.717, 1.165) is 5.54 Å². The summed E-state index contributed by atoms with van der Waals surface area (Å²) in [6.07, 6.45) is 1.45. The molecule has 0 N–H and O–H groups in total. The number of hydrogen-bond donors (Lipinski definition) is 0. The summed E-state index contributed by atoms with van der Waals surface area (Å²) in [5.74, 6) is 0. The summed E-state index contributed by atoms with van der Waals surface area (Å²) >= 11 is 0. The molecule has 0 bridgehead atoms. The summed E-state index contributed by atoms with van der Waals surface area (Å²) < 4.78 is 7.02. The zero-order chi connectivity index (χ0) is 20.9. The van der Waals surface area contributed by atoms with E-state index in [1.165, 1.54) is 18.0 Å². The lowest BCUT2D eigenvalue weighted by molar-refractivity contribution is 0.175. The molecule has 1 aliphatic heterocycles. The summed E-state index contributed by atoms with van der Waals surface area (Å²) in [6.45, 7) is 26.8. The number of rotatable bonds is 5. The van der Waals surface area contributed by atoms with Gasteiger partial charge in [0.05, 0.1) is 14.2 Å². The largest absolute Gasteiger partial charge is 0.410 e. The molecule has 0 aliphatic carbocycles. The molecular weight excluding hydrogens is 360 g/mol. The van der Waals surface area contributed by atoms with Gasteiger partial charge < -0.3 is 4.43 Å². The van der Waals surface area contributed by atoms with Gasteiger partial charge in [0.15, 0.2) is 8.32 Å². The van der Waals surface area contributed by atoms with E-state index < -0.39 is 16.4 Å². The minimum atomic E-state index is -1.81. The summed E-state index contributed by atoms with van der Waals surface area (Å²) in [5, 5.41) is 1.15. The average molecular weight is 405 g/mol. The lowest BCUT2D eigenvalue weighted by Gasteiger charge is -2.43. The van der Waals surface area contributed by atoms with E-state index in [9.17, 15) is 0 Å². The van der Waals surface area contributed by atoms with E-state index in [2.05, 4.69) is 106 Å². The third kappa shape index (κ3) is 4.46. The highest BCUT2D eigenvalue weighted by Crippen LogP contribution is 2.73. The SMILES string of the molecule is CC(C)(C)[Si](C)(C)O[C@@H](C[C@H]1C[Si]1(C(C)(C)C)C(C)(C)C)c1ccccc1. The quantitative estimate of drug-likeness (QED) is 0.446. The van der Waals surface area contributed by atoms with Crippen LogP contribution >= 0.6 is 0 Å². The van der Waals surface area contributed by atoms with E-state index in [1.807, 2.05) is 0 Å². The Balaban J connectivity index is 2.32. The van der Waals surface area contributed by atoms with Crippen LogP contribution in [0.5, 0.6) is 0 Å². The molecule has 0 saturated carbocycles. The van der Waals surface area contributed by atoms with E-state index in [-0.39, 0.29) is 11.1 Å². The van der Waals surface area contributed by atoms with Gasteiger partial charge in [-0.05, 0) is 45.7 Å². The van der Waals surface area contributed by atoms with Crippen molar-refractivity contribution < 1.29 is 4.43 Å². The van der Waals surface area contributed by atoms with Gasteiger partial charge in [-0.15, -0.1) is 0 Å². The van der Waals surface area contributed by atoms with Crippen LogP contribution in [-0.2, 0) is 4.43 Å². The molecule has 1 fully saturated rings. The predicted molar refractivity (Wildman–Crippen MR) is 126 cm³/mol. The Hall–Kier alpha value is -0.386. The fourth-order valence-electron chi connectivity index (χ4n) is 5.29. The number of benzene rings is 1. The topological polar surface area (TPSA) is 9.23 Å². The van der Waals surface area contributed by atoms with Crippen LogP contribution in [0.25, 0.3) is 0 Å². The summed E-state index contributed by atoms with van der Waals surface area (Å²) in [5.41, 5.74) is 2.24. The monoisotopic (exact) mass is 404 g/mol. The van der Waals surface area contributed by atoms with Crippen LogP contribution in [0.15, 0.2) is 30.3 Å². The normalized spacial score (nSPS) is 21.8. The van der Waals surface area contributed by atoms with Crippen LogP contribution < -0.4 is 0 Å². The maximum absolute atomic E-state index is 7.02. The zero-order valence-electron chi connectivity index (χ0n) is 19.9. The Morgan fingerprint density at radius 1 is 0.926 bits per heavy atom. The van der Waals surface area contributed by atoms with Crippen molar-refractivity contribution in [3.05, 3.63) is 35.9 Å². The summed E-state index contributed by atoms with van der Waals surface area (Å²) in [6, 6.07) is 12.5. The van der Waals surface area contributed by atoms with Crippen LogP contribution in [0.4, 0.5) is 0 Å². The molecule has 0 spiro atoms. The van der Waals surface area contributed by atoms with Crippen molar-refractivity contribution in [2.45, 2.75) is 115 Å². The summed E-state index contributed by atoms with van der Waals surface area (Å²) in [4.78, 5) is 0. The second-order valence-corrected chi connectivity index (χ2v) is 23.3. The van der Waals surface area contributed by atoms with Crippen molar-refractivity contribution in [3.8, 4) is 0 Å². The smallest absolute Gasteiger partial charge is 0.192 e. The van der Waals surface area contributed by atoms with Gasteiger partial charge in [0, 0.05) is 0 Å². The van der Waals surface area contributed by atoms with Gasteiger partial charge in [-0.25, -0.2) is 0 Å². The van der Waals surface area contributed by atoms with Crippen molar-refractivity contribution >= 4 is 16.4 Å².